The molecule has 2 aliphatic rings. The first-order valence-corrected chi connectivity index (χ1v) is 4.71. The lowest BCUT2D eigenvalue weighted by molar-refractivity contribution is 1.21. The molecule has 0 bridgehead atoms. The van der Waals surface area contributed by atoms with Gasteiger partial charge < -0.3 is 4.98 Å². The molecular formula is C12H8N2O. The highest BCUT2D eigenvalue weighted by atomic mass is 16.1. The Bertz CT molecular complexity index is 657. The highest BCUT2D eigenvalue weighted by Crippen LogP contribution is 2.20. The van der Waals surface area contributed by atoms with Crippen LogP contribution in [0.5, 0.6) is 0 Å². The van der Waals surface area contributed by atoms with Gasteiger partial charge in [-0.05, 0) is 23.6 Å². The summed E-state index contributed by atoms with van der Waals surface area (Å²) in [6, 6.07) is 11.5. The third kappa shape index (κ3) is 1.21. The predicted octanol–water partition coefficient (Wildman–Crippen LogP) is 2.03. The normalized spacial score (nSPS) is 10.9. The highest BCUT2D eigenvalue weighted by Gasteiger charge is 2.07. The second-order valence-electron chi connectivity index (χ2n) is 3.43. The fraction of sp³-hybridized carbons (Fsp3) is 0. The molecule has 2 aliphatic heterocycles. The van der Waals surface area contributed by atoms with Crippen LogP contribution < -0.4 is 5.56 Å². The molecule has 0 aliphatic carbocycles. The van der Waals surface area contributed by atoms with Crippen molar-refractivity contribution in [2.24, 2.45) is 0 Å². The third-order valence-electron chi connectivity index (χ3n) is 2.48. The predicted molar refractivity (Wildman–Crippen MR) is 59.0 cm³/mol. The van der Waals surface area contributed by atoms with E-state index in [2.05, 4.69) is 9.97 Å². The third-order valence-corrected chi connectivity index (χ3v) is 2.48. The molecule has 0 saturated heterocycles. The van der Waals surface area contributed by atoms with Crippen molar-refractivity contribution in [3.63, 3.8) is 0 Å². The molecular weight excluding hydrogens is 188 g/mol. The molecule has 0 radical (unpaired) electrons. The second kappa shape index (κ2) is 2.92. The Morgan fingerprint density at radius 2 is 2.00 bits per heavy atom. The number of nitrogens with one attached hydrogen (secondary N) is 1. The smallest absolute Gasteiger partial charge is 0.279 e. The van der Waals surface area contributed by atoms with E-state index in [4.69, 9.17) is 0 Å². The molecule has 1 aromatic rings. The van der Waals surface area contributed by atoms with E-state index in [-0.39, 0.29) is 5.56 Å². The molecule has 0 amide bonds. The molecule has 0 unspecified atom stereocenters. The summed E-state index contributed by atoms with van der Waals surface area (Å²) in [6.45, 7) is 0. The van der Waals surface area contributed by atoms with Crippen molar-refractivity contribution in [1.29, 1.82) is 0 Å². The molecule has 0 fully saturated rings. The van der Waals surface area contributed by atoms with Gasteiger partial charge in [0.05, 0.1) is 11.3 Å². The zero-order chi connectivity index (χ0) is 10.3. The number of H-pyrrole nitrogens is 1. The maximum atomic E-state index is 11.5. The SMILES string of the molecule is O=c1nccc2[nH]c3ccccc3cc1-2. The van der Waals surface area contributed by atoms with Gasteiger partial charge in [0.15, 0.2) is 0 Å². The first-order chi connectivity index (χ1) is 7.34. The number of hydrogen-bond donors (Lipinski definition) is 1. The van der Waals surface area contributed by atoms with Gasteiger partial charge in [-0.3, -0.25) is 4.79 Å². The van der Waals surface area contributed by atoms with Crippen LogP contribution in [0, 0.1) is 0 Å². The molecule has 3 nitrogen and oxygen atoms in total. The molecule has 0 atom stereocenters. The molecule has 1 aromatic carbocycles. The van der Waals surface area contributed by atoms with Crippen LogP contribution in [-0.4, -0.2) is 9.97 Å². The van der Waals surface area contributed by atoms with Crippen LogP contribution in [0.25, 0.3) is 22.2 Å². The van der Waals surface area contributed by atoms with Gasteiger partial charge in [0.1, 0.15) is 0 Å². The zero-order valence-corrected chi connectivity index (χ0v) is 7.90. The molecule has 1 N–H and O–H groups in total. The number of para-hydroxylation sites is 1. The van der Waals surface area contributed by atoms with E-state index < -0.39 is 0 Å². The van der Waals surface area contributed by atoms with Gasteiger partial charge in [0.25, 0.3) is 5.56 Å². The fourth-order valence-electron chi connectivity index (χ4n) is 1.74. The number of benzene rings is 1. The molecule has 15 heavy (non-hydrogen) atoms. The Kier molecular flexibility index (Phi) is 1.59. The summed E-state index contributed by atoms with van der Waals surface area (Å²) in [6.07, 6.45) is 1.52. The maximum Gasteiger partial charge on any atom is 0.279 e. The number of pyridine rings is 2. The summed E-state index contributed by atoms with van der Waals surface area (Å²) in [5.41, 5.74) is 2.30. The average Bonchev–Trinajstić information content (AvgIpc) is 2.27. The molecule has 2 heterocycles. The van der Waals surface area contributed by atoms with Crippen LogP contribution >= 0.6 is 0 Å². The molecule has 0 aromatic heterocycles. The Morgan fingerprint density at radius 3 is 2.93 bits per heavy atom. The summed E-state index contributed by atoms with van der Waals surface area (Å²) >= 11 is 0. The van der Waals surface area contributed by atoms with Gasteiger partial charge in [-0.25, -0.2) is 4.98 Å². The van der Waals surface area contributed by atoms with Gasteiger partial charge in [0.2, 0.25) is 0 Å². The van der Waals surface area contributed by atoms with E-state index in [1.54, 1.807) is 0 Å². The molecule has 0 spiro atoms. The summed E-state index contributed by atoms with van der Waals surface area (Å²) in [4.78, 5) is 18.4. The minimum atomic E-state index is -0.186. The van der Waals surface area contributed by atoms with Crippen molar-refractivity contribution in [2.45, 2.75) is 0 Å². The van der Waals surface area contributed by atoms with Crippen LogP contribution in [0.2, 0.25) is 0 Å². The van der Waals surface area contributed by atoms with Crippen LogP contribution in [-0.2, 0) is 0 Å². The standard InChI is InChI=1S/C12H8N2O/c15-12-9-7-8-3-1-2-4-10(8)14-11(9)5-6-13-12/h1-7,14H. The number of aromatic nitrogens is 2. The molecule has 72 valence electrons. The zero-order valence-electron chi connectivity index (χ0n) is 7.90. The van der Waals surface area contributed by atoms with Gasteiger partial charge >= 0.3 is 0 Å². The van der Waals surface area contributed by atoms with E-state index in [1.165, 1.54) is 6.20 Å². The average molecular weight is 196 g/mol. The minimum Gasteiger partial charge on any atom is -0.354 e. The van der Waals surface area contributed by atoms with Crippen molar-refractivity contribution in [3.05, 3.63) is 52.9 Å². The molecule has 0 saturated carbocycles. The van der Waals surface area contributed by atoms with Gasteiger partial charge in [-0.1, -0.05) is 18.2 Å². The van der Waals surface area contributed by atoms with Crippen molar-refractivity contribution in [3.8, 4) is 11.3 Å². The van der Waals surface area contributed by atoms with Crippen molar-refractivity contribution >= 4 is 10.9 Å². The Hall–Kier alpha value is -2.16. The van der Waals surface area contributed by atoms with E-state index in [1.807, 2.05) is 36.4 Å². The number of rotatable bonds is 0. The van der Waals surface area contributed by atoms with Crippen molar-refractivity contribution in [1.82, 2.24) is 9.97 Å². The summed E-state index contributed by atoms with van der Waals surface area (Å²) in [5, 5.41) is 1.02. The summed E-state index contributed by atoms with van der Waals surface area (Å²) < 4.78 is 0. The van der Waals surface area contributed by atoms with Crippen LogP contribution in [0.1, 0.15) is 0 Å². The Labute approximate surface area is 85.8 Å². The number of hydrogen-bond acceptors (Lipinski definition) is 2. The lowest BCUT2D eigenvalue weighted by atomic mass is 10.1. The fourth-order valence-corrected chi connectivity index (χ4v) is 1.74. The minimum absolute atomic E-state index is 0.186. The highest BCUT2D eigenvalue weighted by molar-refractivity contribution is 5.84. The summed E-state index contributed by atoms with van der Waals surface area (Å²) in [7, 11) is 0. The van der Waals surface area contributed by atoms with Gasteiger partial charge in [-0.15, -0.1) is 0 Å². The second-order valence-corrected chi connectivity index (χ2v) is 3.43. The quantitative estimate of drug-likeness (QED) is 0.559. The monoisotopic (exact) mass is 196 g/mol. The maximum absolute atomic E-state index is 11.5. The molecule has 3 heteroatoms. The largest absolute Gasteiger partial charge is 0.354 e. The Morgan fingerprint density at radius 1 is 1.13 bits per heavy atom. The lowest BCUT2D eigenvalue weighted by Crippen LogP contribution is -2.09. The first-order valence-electron chi connectivity index (χ1n) is 4.71. The van der Waals surface area contributed by atoms with Crippen molar-refractivity contribution in [2.75, 3.05) is 0 Å². The van der Waals surface area contributed by atoms with Gasteiger partial charge in [0, 0.05) is 11.7 Å². The topological polar surface area (TPSA) is 45.8 Å². The summed E-state index contributed by atoms with van der Waals surface area (Å²) in [5.74, 6) is 0. The van der Waals surface area contributed by atoms with Crippen LogP contribution in [0.15, 0.2) is 47.4 Å². The number of nitrogens with zero attached hydrogens (tertiary/aromatic N) is 1. The van der Waals surface area contributed by atoms with E-state index >= 15 is 0 Å². The van der Waals surface area contributed by atoms with E-state index in [0.717, 1.165) is 16.6 Å². The Balaban J connectivity index is 2.54. The van der Waals surface area contributed by atoms with Gasteiger partial charge in [-0.2, -0.15) is 0 Å². The van der Waals surface area contributed by atoms with Crippen LogP contribution in [0.3, 0.4) is 0 Å². The van der Waals surface area contributed by atoms with E-state index in [9.17, 15) is 4.79 Å². The molecule has 3 rings (SSSR count). The van der Waals surface area contributed by atoms with Crippen molar-refractivity contribution < 1.29 is 0 Å². The van der Waals surface area contributed by atoms with Crippen LogP contribution in [0.4, 0.5) is 0 Å². The number of fused-ring (bicyclic) bond motifs is 2. The number of aromatic amines is 1. The lowest BCUT2D eigenvalue weighted by Gasteiger charge is -2.05. The van der Waals surface area contributed by atoms with E-state index in [0.29, 0.717) is 5.56 Å². The first kappa shape index (κ1) is 8.17.